The zero-order valence-corrected chi connectivity index (χ0v) is 10.9. The molecule has 1 aromatic rings. The van der Waals surface area contributed by atoms with Crippen LogP contribution in [0.15, 0.2) is 30.3 Å². The minimum Gasteiger partial charge on any atom is -0.460 e. The summed E-state index contributed by atoms with van der Waals surface area (Å²) in [6.45, 7) is 1.51. The molecule has 4 nitrogen and oxygen atoms in total. The Kier molecular flexibility index (Phi) is 3.53. The number of piperidine rings is 1. The Labute approximate surface area is 113 Å². The summed E-state index contributed by atoms with van der Waals surface area (Å²) in [5.41, 5.74) is 1.01. The number of aliphatic hydroxyl groups is 1. The summed E-state index contributed by atoms with van der Waals surface area (Å²) in [6, 6.07) is 10.1. The van der Waals surface area contributed by atoms with Crippen molar-refractivity contribution in [1.82, 2.24) is 4.90 Å². The van der Waals surface area contributed by atoms with Crippen molar-refractivity contribution < 1.29 is 14.6 Å². The lowest BCUT2D eigenvalue weighted by Crippen LogP contribution is -2.40. The largest absolute Gasteiger partial charge is 0.460 e. The molecule has 0 aromatic heterocycles. The van der Waals surface area contributed by atoms with E-state index < -0.39 is 0 Å². The molecule has 0 unspecified atom stereocenters. The molecule has 1 saturated carbocycles. The molecule has 1 aromatic carbocycles. The maximum atomic E-state index is 11.8. The number of rotatable bonds is 4. The summed E-state index contributed by atoms with van der Waals surface area (Å²) in [7, 11) is 0. The topological polar surface area (TPSA) is 49.8 Å². The standard InChI is InChI=1S/C15H19NO3/c17-14-7-13-6-12(14)8-16(13)9-15(18)19-10-11-4-2-1-3-5-11/h1-5,12-14,17H,6-10H2/t12-,13-,14+/m0/s1. The molecule has 4 heteroatoms. The molecular weight excluding hydrogens is 242 g/mol. The van der Waals surface area contributed by atoms with Crippen molar-refractivity contribution >= 4 is 5.97 Å². The smallest absolute Gasteiger partial charge is 0.320 e. The monoisotopic (exact) mass is 261 g/mol. The number of hydrogen-bond acceptors (Lipinski definition) is 4. The van der Waals surface area contributed by atoms with Crippen molar-refractivity contribution in [3.63, 3.8) is 0 Å². The zero-order valence-electron chi connectivity index (χ0n) is 10.9. The Balaban J connectivity index is 1.45. The number of fused-ring (bicyclic) bond motifs is 2. The van der Waals surface area contributed by atoms with Gasteiger partial charge in [-0.25, -0.2) is 0 Å². The van der Waals surface area contributed by atoms with Crippen molar-refractivity contribution in [2.75, 3.05) is 13.1 Å². The van der Waals surface area contributed by atoms with Crippen molar-refractivity contribution in [2.24, 2.45) is 5.92 Å². The molecule has 1 aliphatic carbocycles. The van der Waals surface area contributed by atoms with E-state index in [2.05, 4.69) is 4.90 Å². The van der Waals surface area contributed by atoms with Crippen LogP contribution in [0.1, 0.15) is 18.4 Å². The van der Waals surface area contributed by atoms with Gasteiger partial charge in [-0.05, 0) is 24.3 Å². The van der Waals surface area contributed by atoms with Gasteiger partial charge in [-0.3, -0.25) is 9.69 Å². The second-order valence-electron chi connectivity index (χ2n) is 5.53. The zero-order chi connectivity index (χ0) is 13.2. The van der Waals surface area contributed by atoms with Crippen LogP contribution in [0, 0.1) is 5.92 Å². The van der Waals surface area contributed by atoms with E-state index in [1.54, 1.807) is 0 Å². The molecule has 1 aliphatic heterocycles. The van der Waals surface area contributed by atoms with E-state index in [0.29, 0.717) is 25.1 Å². The van der Waals surface area contributed by atoms with E-state index >= 15 is 0 Å². The molecule has 0 radical (unpaired) electrons. The van der Waals surface area contributed by atoms with Crippen molar-refractivity contribution in [3.05, 3.63) is 35.9 Å². The fourth-order valence-corrected chi connectivity index (χ4v) is 3.16. The van der Waals surface area contributed by atoms with E-state index in [4.69, 9.17) is 4.74 Å². The molecule has 0 amide bonds. The highest BCUT2D eigenvalue weighted by atomic mass is 16.5. The second-order valence-corrected chi connectivity index (χ2v) is 5.53. The van der Waals surface area contributed by atoms with Gasteiger partial charge in [0.05, 0.1) is 12.6 Å². The Hall–Kier alpha value is -1.39. The molecule has 1 saturated heterocycles. The van der Waals surface area contributed by atoms with Crippen LogP contribution in [0.25, 0.3) is 0 Å². The predicted octanol–water partition coefficient (Wildman–Crippen LogP) is 1.18. The van der Waals surface area contributed by atoms with Gasteiger partial charge in [-0.15, -0.1) is 0 Å². The fourth-order valence-electron chi connectivity index (χ4n) is 3.16. The summed E-state index contributed by atoms with van der Waals surface area (Å²) in [4.78, 5) is 13.9. The summed E-state index contributed by atoms with van der Waals surface area (Å²) < 4.78 is 5.28. The average Bonchev–Trinajstić information content (AvgIpc) is 2.96. The number of ether oxygens (including phenoxy) is 1. The van der Waals surface area contributed by atoms with Crippen LogP contribution >= 0.6 is 0 Å². The first-order valence-corrected chi connectivity index (χ1v) is 6.84. The molecule has 3 rings (SSSR count). The van der Waals surface area contributed by atoms with Gasteiger partial charge in [0.25, 0.3) is 0 Å². The number of carbonyl (C=O) groups is 1. The average molecular weight is 261 g/mol. The minimum absolute atomic E-state index is 0.165. The minimum atomic E-state index is -0.175. The molecule has 2 fully saturated rings. The Morgan fingerprint density at radius 3 is 2.74 bits per heavy atom. The Morgan fingerprint density at radius 2 is 2.11 bits per heavy atom. The van der Waals surface area contributed by atoms with Crippen LogP contribution in [0.2, 0.25) is 0 Å². The lowest BCUT2D eigenvalue weighted by Gasteiger charge is -2.28. The van der Waals surface area contributed by atoms with Crippen LogP contribution in [-0.4, -0.2) is 41.2 Å². The van der Waals surface area contributed by atoms with Crippen LogP contribution in [0.3, 0.4) is 0 Å². The summed E-state index contributed by atoms with van der Waals surface area (Å²) >= 11 is 0. The quantitative estimate of drug-likeness (QED) is 0.827. The van der Waals surface area contributed by atoms with Crippen LogP contribution in [0.4, 0.5) is 0 Å². The van der Waals surface area contributed by atoms with Crippen molar-refractivity contribution in [1.29, 1.82) is 0 Å². The first kappa shape index (κ1) is 12.6. The third kappa shape index (κ3) is 2.80. The van der Waals surface area contributed by atoms with Gasteiger partial charge in [-0.2, -0.15) is 0 Å². The van der Waals surface area contributed by atoms with E-state index in [9.17, 15) is 9.90 Å². The van der Waals surface area contributed by atoms with Crippen molar-refractivity contribution in [2.45, 2.75) is 31.6 Å². The molecule has 102 valence electrons. The normalized spacial score (nSPS) is 29.6. The number of nitrogens with zero attached hydrogens (tertiary/aromatic N) is 1. The lowest BCUT2D eigenvalue weighted by molar-refractivity contribution is -0.147. The molecule has 19 heavy (non-hydrogen) atoms. The molecule has 0 spiro atoms. The van der Waals surface area contributed by atoms with Gasteiger partial charge in [0.1, 0.15) is 6.61 Å². The first-order valence-electron chi connectivity index (χ1n) is 6.84. The highest BCUT2D eigenvalue weighted by molar-refractivity contribution is 5.71. The highest BCUT2D eigenvalue weighted by Gasteiger charge is 2.44. The summed E-state index contributed by atoms with van der Waals surface area (Å²) in [5, 5.41) is 9.68. The van der Waals surface area contributed by atoms with Gasteiger partial charge >= 0.3 is 5.97 Å². The number of benzene rings is 1. The van der Waals surface area contributed by atoms with E-state index in [0.717, 1.165) is 24.9 Å². The van der Waals surface area contributed by atoms with Crippen LogP contribution < -0.4 is 0 Å². The molecular formula is C15H19NO3. The van der Waals surface area contributed by atoms with Gasteiger partial charge in [0, 0.05) is 12.6 Å². The fraction of sp³-hybridized carbons (Fsp3) is 0.533. The second kappa shape index (κ2) is 5.31. The first-order chi connectivity index (χ1) is 9.22. The van der Waals surface area contributed by atoms with Gasteiger partial charge in [-0.1, -0.05) is 30.3 Å². The predicted molar refractivity (Wildman–Crippen MR) is 70.3 cm³/mol. The van der Waals surface area contributed by atoms with E-state index in [-0.39, 0.29) is 12.1 Å². The maximum Gasteiger partial charge on any atom is 0.320 e. The Morgan fingerprint density at radius 1 is 1.32 bits per heavy atom. The van der Waals surface area contributed by atoms with Gasteiger partial charge in [0.2, 0.25) is 0 Å². The number of hydrogen-bond donors (Lipinski definition) is 1. The molecule has 2 aliphatic rings. The SMILES string of the molecule is O=C(CN1C[C@@H]2C[C@H]1C[C@H]2O)OCc1ccccc1. The molecule has 1 N–H and O–H groups in total. The number of carbonyl (C=O) groups excluding carboxylic acids is 1. The number of likely N-dealkylation sites (tertiary alicyclic amines) is 1. The molecule has 2 bridgehead atoms. The van der Waals surface area contributed by atoms with Crippen LogP contribution in [-0.2, 0) is 16.1 Å². The van der Waals surface area contributed by atoms with Gasteiger partial charge in [0.15, 0.2) is 0 Å². The van der Waals surface area contributed by atoms with Gasteiger partial charge < -0.3 is 9.84 Å². The third-order valence-electron chi connectivity index (χ3n) is 4.19. The summed E-state index contributed by atoms with van der Waals surface area (Å²) in [6.07, 6.45) is 1.66. The Bertz CT molecular complexity index is 446. The van der Waals surface area contributed by atoms with Crippen LogP contribution in [0.5, 0.6) is 0 Å². The molecule has 3 atom stereocenters. The number of aliphatic hydroxyl groups excluding tert-OH is 1. The maximum absolute atomic E-state index is 11.8. The highest BCUT2D eigenvalue weighted by Crippen LogP contribution is 2.37. The van der Waals surface area contributed by atoms with E-state index in [1.165, 1.54) is 0 Å². The van der Waals surface area contributed by atoms with E-state index in [1.807, 2.05) is 30.3 Å². The lowest BCUT2D eigenvalue weighted by atomic mass is 10.1. The van der Waals surface area contributed by atoms with Crippen molar-refractivity contribution in [3.8, 4) is 0 Å². The number of esters is 1. The third-order valence-corrected chi connectivity index (χ3v) is 4.19. The molecule has 1 heterocycles. The summed E-state index contributed by atoms with van der Waals surface area (Å²) in [5.74, 6) is 0.179.